The maximum Gasteiger partial charge on any atom is 0.135 e. The van der Waals surface area contributed by atoms with Gasteiger partial charge in [-0.2, -0.15) is 0 Å². The van der Waals surface area contributed by atoms with Crippen molar-refractivity contribution in [3.05, 3.63) is 59.0 Å². The number of halogens is 1. The molecule has 0 unspecified atom stereocenters. The van der Waals surface area contributed by atoms with Gasteiger partial charge < -0.3 is 9.30 Å². The monoisotopic (exact) mass is 312 g/mol. The first kappa shape index (κ1) is 14.7. The van der Waals surface area contributed by atoms with Crippen LogP contribution < -0.4 is 10.2 Å². The third-order valence-electron chi connectivity index (χ3n) is 3.80. The molecule has 0 N–H and O–H groups in total. The van der Waals surface area contributed by atoms with Crippen LogP contribution in [0, 0.1) is 0 Å². The summed E-state index contributed by atoms with van der Waals surface area (Å²) >= 11 is 6.12. The van der Waals surface area contributed by atoms with E-state index in [9.17, 15) is 0 Å². The molecular weight excluding hydrogens is 296 g/mol. The molecule has 0 aliphatic heterocycles. The second-order valence-corrected chi connectivity index (χ2v) is 5.54. The van der Waals surface area contributed by atoms with Crippen LogP contribution in [0.2, 0.25) is 5.02 Å². The van der Waals surface area contributed by atoms with Gasteiger partial charge in [-0.15, -0.1) is 0 Å². The molecule has 1 heterocycles. The number of aryl methyl sites for hydroxylation is 1. The standard InChI is InChI=1S/C18H17ClN2O/c1-20-18-16(12-5-4-6-15(9-12)22-3)10-13-7-8-14(19)11-17(13)21(18)2/h4-11H,1-3H3. The number of nitrogens with zero attached hydrogens (tertiary/aromatic N) is 2. The average Bonchev–Trinajstić information content (AvgIpc) is 2.55. The zero-order valence-electron chi connectivity index (χ0n) is 12.8. The van der Waals surface area contributed by atoms with Gasteiger partial charge in [0, 0.05) is 24.7 Å². The molecule has 0 saturated heterocycles. The Morgan fingerprint density at radius 3 is 2.64 bits per heavy atom. The van der Waals surface area contributed by atoms with Gasteiger partial charge in [0.25, 0.3) is 0 Å². The lowest BCUT2D eigenvalue weighted by molar-refractivity contribution is 0.415. The first-order valence-electron chi connectivity index (χ1n) is 7.00. The molecule has 112 valence electrons. The fourth-order valence-corrected chi connectivity index (χ4v) is 2.88. The summed E-state index contributed by atoms with van der Waals surface area (Å²) < 4.78 is 7.39. The normalized spacial score (nSPS) is 11.9. The molecule has 3 rings (SSSR count). The van der Waals surface area contributed by atoms with Crippen molar-refractivity contribution in [1.29, 1.82) is 0 Å². The smallest absolute Gasteiger partial charge is 0.135 e. The first-order valence-corrected chi connectivity index (χ1v) is 7.38. The number of benzene rings is 2. The van der Waals surface area contributed by atoms with Gasteiger partial charge in [-0.3, -0.25) is 4.99 Å². The number of rotatable bonds is 2. The van der Waals surface area contributed by atoms with Crippen molar-refractivity contribution in [3.8, 4) is 16.9 Å². The van der Waals surface area contributed by atoms with Gasteiger partial charge in [-0.05, 0) is 41.3 Å². The molecule has 3 aromatic rings. The molecule has 0 fully saturated rings. The van der Waals surface area contributed by atoms with Crippen LogP contribution in [-0.2, 0) is 7.05 Å². The minimum atomic E-state index is 0.722. The quantitative estimate of drug-likeness (QED) is 0.701. The lowest BCUT2D eigenvalue weighted by Gasteiger charge is -2.12. The third-order valence-corrected chi connectivity index (χ3v) is 4.04. The summed E-state index contributed by atoms with van der Waals surface area (Å²) in [5, 5.41) is 1.84. The van der Waals surface area contributed by atoms with Crippen LogP contribution in [0.3, 0.4) is 0 Å². The Hall–Kier alpha value is -2.26. The zero-order chi connectivity index (χ0) is 15.7. The van der Waals surface area contributed by atoms with Crippen LogP contribution in [0.4, 0.5) is 0 Å². The Kier molecular flexibility index (Phi) is 3.90. The van der Waals surface area contributed by atoms with E-state index in [-0.39, 0.29) is 0 Å². The van der Waals surface area contributed by atoms with Gasteiger partial charge in [0.15, 0.2) is 0 Å². The summed E-state index contributed by atoms with van der Waals surface area (Å²) in [5.41, 5.74) is 4.11. The lowest BCUT2D eigenvalue weighted by atomic mass is 10.0. The molecule has 2 aromatic carbocycles. The van der Waals surface area contributed by atoms with Crippen molar-refractivity contribution >= 4 is 22.5 Å². The van der Waals surface area contributed by atoms with Gasteiger partial charge in [0.1, 0.15) is 11.2 Å². The van der Waals surface area contributed by atoms with Crippen LogP contribution in [-0.4, -0.2) is 18.7 Å². The summed E-state index contributed by atoms with van der Waals surface area (Å²) in [6.07, 6.45) is 0. The van der Waals surface area contributed by atoms with Gasteiger partial charge in [0.05, 0.1) is 12.6 Å². The highest BCUT2D eigenvalue weighted by molar-refractivity contribution is 6.31. The first-order chi connectivity index (χ1) is 10.6. The number of methoxy groups -OCH3 is 1. The minimum absolute atomic E-state index is 0.722. The molecule has 0 aliphatic carbocycles. The number of aromatic nitrogens is 1. The van der Waals surface area contributed by atoms with E-state index >= 15 is 0 Å². The lowest BCUT2D eigenvalue weighted by Crippen LogP contribution is -2.20. The Morgan fingerprint density at radius 2 is 1.91 bits per heavy atom. The van der Waals surface area contributed by atoms with Crippen LogP contribution in [0.5, 0.6) is 5.75 Å². The Labute approximate surface area is 134 Å². The van der Waals surface area contributed by atoms with E-state index in [4.69, 9.17) is 16.3 Å². The van der Waals surface area contributed by atoms with E-state index in [1.54, 1.807) is 14.2 Å². The minimum Gasteiger partial charge on any atom is -0.497 e. The average molecular weight is 313 g/mol. The number of hydrogen-bond acceptors (Lipinski definition) is 2. The molecule has 1 aromatic heterocycles. The predicted molar refractivity (Wildman–Crippen MR) is 91.4 cm³/mol. The number of ether oxygens (including phenoxy) is 1. The highest BCUT2D eigenvalue weighted by atomic mass is 35.5. The number of fused-ring (bicyclic) bond motifs is 1. The summed E-state index contributed by atoms with van der Waals surface area (Å²) in [7, 11) is 5.48. The largest absolute Gasteiger partial charge is 0.497 e. The van der Waals surface area contributed by atoms with E-state index in [2.05, 4.69) is 21.7 Å². The summed E-state index contributed by atoms with van der Waals surface area (Å²) in [5.74, 6) is 0.832. The van der Waals surface area contributed by atoms with Crippen LogP contribution in [0.15, 0.2) is 53.5 Å². The van der Waals surface area contributed by atoms with Gasteiger partial charge in [0.2, 0.25) is 0 Å². The summed E-state index contributed by atoms with van der Waals surface area (Å²) in [6, 6.07) is 16.0. The zero-order valence-corrected chi connectivity index (χ0v) is 13.6. The van der Waals surface area contributed by atoms with Crippen molar-refractivity contribution in [2.24, 2.45) is 12.0 Å². The van der Waals surface area contributed by atoms with Crippen LogP contribution in [0.1, 0.15) is 0 Å². The van der Waals surface area contributed by atoms with Crippen molar-refractivity contribution in [1.82, 2.24) is 4.57 Å². The summed E-state index contributed by atoms with van der Waals surface area (Å²) in [4.78, 5) is 4.46. The fraction of sp³-hybridized carbons (Fsp3) is 0.167. The van der Waals surface area contributed by atoms with E-state index in [1.165, 1.54) is 0 Å². The fourth-order valence-electron chi connectivity index (χ4n) is 2.72. The van der Waals surface area contributed by atoms with Crippen molar-refractivity contribution in [2.75, 3.05) is 14.2 Å². The molecule has 0 saturated carbocycles. The van der Waals surface area contributed by atoms with Gasteiger partial charge >= 0.3 is 0 Å². The molecular formula is C18H17ClN2O. The van der Waals surface area contributed by atoms with Crippen molar-refractivity contribution in [3.63, 3.8) is 0 Å². The van der Waals surface area contributed by atoms with Crippen LogP contribution in [0.25, 0.3) is 22.0 Å². The molecule has 22 heavy (non-hydrogen) atoms. The van der Waals surface area contributed by atoms with Crippen LogP contribution >= 0.6 is 11.6 Å². The molecule has 0 atom stereocenters. The van der Waals surface area contributed by atoms with E-state index in [1.807, 2.05) is 43.4 Å². The summed E-state index contributed by atoms with van der Waals surface area (Å²) in [6.45, 7) is 0. The third kappa shape index (κ3) is 2.48. The maximum absolute atomic E-state index is 6.12. The van der Waals surface area contributed by atoms with Crippen molar-refractivity contribution < 1.29 is 4.74 Å². The predicted octanol–water partition coefficient (Wildman–Crippen LogP) is 4.04. The highest BCUT2D eigenvalue weighted by Gasteiger charge is 2.08. The number of hydrogen-bond donors (Lipinski definition) is 0. The highest BCUT2D eigenvalue weighted by Crippen LogP contribution is 2.25. The second kappa shape index (κ2) is 5.85. The SMILES string of the molecule is CN=c1c(-c2cccc(OC)c2)cc2ccc(Cl)cc2n1C. The van der Waals surface area contributed by atoms with E-state index in [0.29, 0.717) is 0 Å². The van der Waals surface area contributed by atoms with Crippen molar-refractivity contribution in [2.45, 2.75) is 0 Å². The molecule has 4 heteroatoms. The topological polar surface area (TPSA) is 26.5 Å². The van der Waals surface area contributed by atoms with Gasteiger partial charge in [-0.25, -0.2) is 0 Å². The molecule has 3 nitrogen and oxygen atoms in total. The Balaban J connectivity index is 2.36. The Bertz CT molecular complexity index is 913. The number of pyridine rings is 1. The molecule has 0 aliphatic rings. The van der Waals surface area contributed by atoms with E-state index < -0.39 is 0 Å². The second-order valence-electron chi connectivity index (χ2n) is 5.10. The molecule has 0 amide bonds. The molecule has 0 bridgehead atoms. The van der Waals surface area contributed by atoms with E-state index in [0.717, 1.165) is 38.3 Å². The molecule has 0 spiro atoms. The maximum atomic E-state index is 6.12. The molecule has 0 radical (unpaired) electrons. The Morgan fingerprint density at radius 1 is 1.09 bits per heavy atom. The van der Waals surface area contributed by atoms with Gasteiger partial charge in [-0.1, -0.05) is 29.8 Å².